The van der Waals surface area contributed by atoms with Crippen molar-refractivity contribution in [2.45, 2.75) is 13.0 Å². The smallest absolute Gasteiger partial charge is 0.251 e. The fourth-order valence-electron chi connectivity index (χ4n) is 1.99. The van der Waals surface area contributed by atoms with Gasteiger partial charge in [-0.05, 0) is 48.9 Å². The molecule has 1 unspecified atom stereocenters. The first-order valence-electron chi connectivity index (χ1n) is 7.04. The highest BCUT2D eigenvalue weighted by Crippen LogP contribution is 2.16. The Morgan fingerprint density at radius 1 is 1.09 bits per heavy atom. The van der Waals surface area contributed by atoms with Gasteiger partial charge >= 0.3 is 0 Å². The molecule has 0 radical (unpaired) electrons. The van der Waals surface area contributed by atoms with Crippen molar-refractivity contribution in [1.82, 2.24) is 10.6 Å². The van der Waals surface area contributed by atoms with E-state index in [-0.39, 0.29) is 18.5 Å². The number of nitrogens with one attached hydrogen (secondary N) is 2. The van der Waals surface area contributed by atoms with Crippen LogP contribution >= 0.6 is 15.9 Å². The van der Waals surface area contributed by atoms with E-state index >= 15 is 0 Å². The van der Waals surface area contributed by atoms with E-state index in [1.54, 1.807) is 0 Å². The van der Waals surface area contributed by atoms with E-state index < -0.39 is 11.7 Å². The predicted molar refractivity (Wildman–Crippen MR) is 89.4 cm³/mol. The van der Waals surface area contributed by atoms with Crippen molar-refractivity contribution in [3.05, 3.63) is 69.9 Å². The molecule has 0 aromatic heterocycles. The normalized spacial score (nSPS) is 11.6. The van der Waals surface area contributed by atoms with Gasteiger partial charge in [-0.15, -0.1) is 0 Å². The molecule has 0 saturated heterocycles. The van der Waals surface area contributed by atoms with E-state index in [2.05, 4.69) is 26.6 Å². The zero-order valence-electron chi connectivity index (χ0n) is 12.5. The third kappa shape index (κ3) is 5.17. The Hall–Kier alpha value is -2.21. The average Bonchev–Trinajstić information content (AvgIpc) is 2.54. The number of hydrogen-bond acceptors (Lipinski definition) is 2. The van der Waals surface area contributed by atoms with Gasteiger partial charge in [-0.1, -0.05) is 28.1 Å². The van der Waals surface area contributed by atoms with Crippen molar-refractivity contribution in [3.63, 3.8) is 0 Å². The fraction of sp³-hybridized carbons (Fsp3) is 0.176. The van der Waals surface area contributed by atoms with Crippen LogP contribution in [0.2, 0.25) is 0 Å². The monoisotopic (exact) mass is 378 g/mol. The molecule has 2 N–H and O–H groups in total. The van der Waals surface area contributed by atoms with Crippen LogP contribution in [0, 0.1) is 5.82 Å². The van der Waals surface area contributed by atoms with Crippen molar-refractivity contribution in [2.75, 3.05) is 6.54 Å². The van der Waals surface area contributed by atoms with Crippen LogP contribution in [-0.2, 0) is 4.79 Å². The number of carbonyl (C=O) groups is 2. The molecule has 0 fully saturated rings. The topological polar surface area (TPSA) is 58.2 Å². The molecule has 0 aliphatic heterocycles. The van der Waals surface area contributed by atoms with Crippen LogP contribution in [0.5, 0.6) is 0 Å². The minimum Gasteiger partial charge on any atom is -0.348 e. The molecule has 0 spiro atoms. The Bertz CT molecular complexity index is 687. The van der Waals surface area contributed by atoms with Crippen LogP contribution in [0.25, 0.3) is 0 Å². The number of benzene rings is 2. The molecule has 2 aromatic carbocycles. The summed E-state index contributed by atoms with van der Waals surface area (Å²) in [5, 5.41) is 5.31. The molecule has 1 atom stereocenters. The van der Waals surface area contributed by atoms with Gasteiger partial charge in [0.25, 0.3) is 5.91 Å². The molecule has 2 amide bonds. The fourth-order valence-corrected chi connectivity index (χ4v) is 2.26. The van der Waals surface area contributed by atoms with E-state index in [9.17, 15) is 14.0 Å². The van der Waals surface area contributed by atoms with Gasteiger partial charge in [-0.25, -0.2) is 4.39 Å². The number of carbonyl (C=O) groups excluding carboxylic acids is 2. The number of halogens is 2. The molecule has 0 saturated carbocycles. The van der Waals surface area contributed by atoms with E-state index in [4.69, 9.17) is 0 Å². The summed E-state index contributed by atoms with van der Waals surface area (Å²) >= 11 is 3.35. The maximum Gasteiger partial charge on any atom is 0.251 e. The number of amides is 2. The maximum absolute atomic E-state index is 12.8. The van der Waals surface area contributed by atoms with Crippen molar-refractivity contribution < 1.29 is 14.0 Å². The Morgan fingerprint density at radius 2 is 1.70 bits per heavy atom. The maximum atomic E-state index is 12.8. The highest BCUT2D eigenvalue weighted by molar-refractivity contribution is 9.10. The standard InChI is InChI=1S/C17H16BrFN2O2/c1-11(12-2-6-14(18)7-3-12)21-16(22)10-20-17(23)13-4-8-15(19)9-5-13/h2-9,11H,10H2,1H3,(H,20,23)(H,21,22). The molecular formula is C17H16BrFN2O2. The largest absolute Gasteiger partial charge is 0.348 e. The van der Waals surface area contributed by atoms with Gasteiger partial charge in [0, 0.05) is 10.0 Å². The predicted octanol–water partition coefficient (Wildman–Crippen LogP) is 3.20. The third-order valence-electron chi connectivity index (χ3n) is 3.26. The summed E-state index contributed by atoms with van der Waals surface area (Å²) in [5.74, 6) is -1.13. The van der Waals surface area contributed by atoms with Gasteiger partial charge < -0.3 is 10.6 Å². The first kappa shape index (κ1) is 17.1. The van der Waals surface area contributed by atoms with Crippen LogP contribution in [0.3, 0.4) is 0 Å². The molecule has 2 aromatic rings. The summed E-state index contributed by atoms with van der Waals surface area (Å²) in [6, 6.07) is 12.6. The number of hydrogen-bond donors (Lipinski definition) is 2. The van der Waals surface area contributed by atoms with Gasteiger partial charge in [0.1, 0.15) is 5.82 Å². The van der Waals surface area contributed by atoms with Crippen molar-refractivity contribution in [3.8, 4) is 0 Å². The summed E-state index contributed by atoms with van der Waals surface area (Å²) in [6.07, 6.45) is 0. The zero-order chi connectivity index (χ0) is 16.8. The van der Waals surface area contributed by atoms with Gasteiger partial charge in [-0.3, -0.25) is 9.59 Å². The first-order chi connectivity index (χ1) is 11.0. The molecule has 0 aliphatic carbocycles. The van der Waals surface area contributed by atoms with E-state index in [1.165, 1.54) is 24.3 Å². The minimum absolute atomic E-state index is 0.142. The third-order valence-corrected chi connectivity index (χ3v) is 3.79. The molecule has 0 aliphatic rings. The second-order valence-corrected chi connectivity index (χ2v) is 5.95. The molecule has 23 heavy (non-hydrogen) atoms. The number of rotatable bonds is 5. The molecule has 0 heterocycles. The summed E-state index contributed by atoms with van der Waals surface area (Å²) in [5.41, 5.74) is 1.27. The quantitative estimate of drug-likeness (QED) is 0.839. The lowest BCUT2D eigenvalue weighted by Gasteiger charge is -2.15. The zero-order valence-corrected chi connectivity index (χ0v) is 14.1. The van der Waals surface area contributed by atoms with E-state index in [1.807, 2.05) is 31.2 Å². The van der Waals surface area contributed by atoms with Gasteiger partial charge in [-0.2, -0.15) is 0 Å². The van der Waals surface area contributed by atoms with Crippen molar-refractivity contribution >= 4 is 27.7 Å². The summed E-state index contributed by atoms with van der Waals surface area (Å²) in [4.78, 5) is 23.7. The van der Waals surface area contributed by atoms with Gasteiger partial charge in [0.2, 0.25) is 5.91 Å². The minimum atomic E-state index is -0.420. The Balaban J connectivity index is 1.83. The molecule has 4 nitrogen and oxygen atoms in total. The van der Waals surface area contributed by atoms with E-state index in [0.29, 0.717) is 5.56 Å². The van der Waals surface area contributed by atoms with Crippen molar-refractivity contribution in [2.24, 2.45) is 0 Å². The van der Waals surface area contributed by atoms with Crippen LogP contribution in [0.1, 0.15) is 28.9 Å². The molecular weight excluding hydrogens is 363 g/mol. The van der Waals surface area contributed by atoms with Crippen LogP contribution in [0.4, 0.5) is 4.39 Å². The second-order valence-electron chi connectivity index (χ2n) is 5.03. The molecule has 120 valence electrons. The average molecular weight is 379 g/mol. The summed E-state index contributed by atoms with van der Waals surface area (Å²) in [7, 11) is 0. The SMILES string of the molecule is CC(NC(=O)CNC(=O)c1ccc(F)cc1)c1ccc(Br)cc1. The van der Waals surface area contributed by atoms with Crippen LogP contribution in [-0.4, -0.2) is 18.4 Å². The van der Waals surface area contributed by atoms with Crippen molar-refractivity contribution in [1.29, 1.82) is 0 Å². The van der Waals surface area contributed by atoms with Crippen LogP contribution in [0.15, 0.2) is 53.0 Å². The summed E-state index contributed by atoms with van der Waals surface area (Å²) < 4.78 is 13.8. The molecule has 6 heteroatoms. The summed E-state index contributed by atoms with van der Waals surface area (Å²) in [6.45, 7) is 1.72. The van der Waals surface area contributed by atoms with Gasteiger partial charge in [0.15, 0.2) is 0 Å². The lowest BCUT2D eigenvalue weighted by atomic mass is 10.1. The highest BCUT2D eigenvalue weighted by Gasteiger charge is 2.11. The Labute approximate surface area is 142 Å². The van der Waals surface area contributed by atoms with E-state index in [0.717, 1.165) is 10.0 Å². The van der Waals surface area contributed by atoms with Gasteiger partial charge in [0.05, 0.1) is 12.6 Å². The first-order valence-corrected chi connectivity index (χ1v) is 7.83. The molecule has 2 rings (SSSR count). The molecule has 0 bridgehead atoms. The van der Waals surface area contributed by atoms with Crippen LogP contribution < -0.4 is 10.6 Å². The lowest BCUT2D eigenvalue weighted by molar-refractivity contribution is -0.120. The highest BCUT2D eigenvalue weighted by atomic mass is 79.9. The Kier molecular flexibility index (Phi) is 5.87. The Morgan fingerprint density at radius 3 is 2.30 bits per heavy atom. The second kappa shape index (κ2) is 7.87. The lowest BCUT2D eigenvalue weighted by Crippen LogP contribution is -2.38.